The second-order valence-corrected chi connectivity index (χ2v) is 9.89. The number of ether oxygens (including phenoxy) is 3. The van der Waals surface area contributed by atoms with Crippen LogP contribution in [0.2, 0.25) is 0 Å². The molecule has 0 aliphatic carbocycles. The zero-order valence-corrected chi connectivity index (χ0v) is 20.9. The van der Waals surface area contributed by atoms with E-state index in [0.29, 0.717) is 36.7 Å². The lowest BCUT2D eigenvalue weighted by Crippen LogP contribution is -2.45. The van der Waals surface area contributed by atoms with Crippen LogP contribution < -0.4 is 4.90 Å². The van der Waals surface area contributed by atoms with Gasteiger partial charge in [-0.2, -0.15) is 0 Å². The van der Waals surface area contributed by atoms with Gasteiger partial charge in [0.15, 0.2) is 11.8 Å². The number of aryl methyl sites for hydroxylation is 1. The molecule has 9 heteroatoms. The lowest BCUT2D eigenvalue weighted by Gasteiger charge is -2.41. The van der Waals surface area contributed by atoms with Gasteiger partial charge >= 0.3 is 11.9 Å². The number of esters is 1. The summed E-state index contributed by atoms with van der Waals surface area (Å²) < 4.78 is 19.1. The number of hydrogen-bond acceptors (Lipinski definition) is 7. The summed E-state index contributed by atoms with van der Waals surface area (Å²) in [5.74, 6) is -0.956. The molecule has 1 aliphatic rings. The third-order valence-electron chi connectivity index (χ3n) is 6.01. The third kappa shape index (κ3) is 5.42. The molecule has 1 atom stereocenters. The minimum atomic E-state index is -1.12. The molecule has 9 nitrogen and oxygen atoms in total. The van der Waals surface area contributed by atoms with Gasteiger partial charge in [-0.1, -0.05) is 6.08 Å². The zero-order chi connectivity index (χ0) is 25.3. The zero-order valence-electron chi connectivity index (χ0n) is 20.9. The lowest BCUT2D eigenvalue weighted by atomic mass is 9.92. The maximum atomic E-state index is 12.9. The molecule has 186 valence electrons. The topological polar surface area (TPSA) is 103 Å². The number of hydrogen-bond donors (Lipinski definition) is 1. The second-order valence-electron chi connectivity index (χ2n) is 9.89. The van der Waals surface area contributed by atoms with Crippen molar-refractivity contribution in [3.05, 3.63) is 41.7 Å². The molecule has 0 unspecified atom stereocenters. The van der Waals surface area contributed by atoms with E-state index in [1.807, 2.05) is 27.7 Å². The number of anilines is 1. The predicted molar refractivity (Wildman–Crippen MR) is 128 cm³/mol. The number of piperidine rings is 1. The minimum absolute atomic E-state index is 0.0691. The van der Waals surface area contributed by atoms with Crippen molar-refractivity contribution in [3.8, 4) is 0 Å². The van der Waals surface area contributed by atoms with Crippen LogP contribution in [0.4, 0.5) is 5.82 Å². The molecule has 0 spiro atoms. The average Bonchev–Trinajstić information content (AvgIpc) is 3.19. The van der Waals surface area contributed by atoms with Crippen LogP contribution in [0, 0.1) is 6.92 Å². The van der Waals surface area contributed by atoms with Crippen molar-refractivity contribution in [2.45, 2.75) is 64.8 Å². The fourth-order valence-electron chi connectivity index (χ4n) is 4.27. The van der Waals surface area contributed by atoms with E-state index >= 15 is 0 Å². The quantitative estimate of drug-likeness (QED) is 0.454. The van der Waals surface area contributed by atoms with Crippen molar-refractivity contribution in [1.29, 1.82) is 0 Å². The van der Waals surface area contributed by atoms with E-state index in [1.165, 1.54) is 13.3 Å². The Bertz CT molecular complexity index is 1080. The van der Waals surface area contributed by atoms with Gasteiger partial charge in [-0.05, 0) is 59.1 Å². The van der Waals surface area contributed by atoms with E-state index in [-0.39, 0.29) is 11.3 Å². The van der Waals surface area contributed by atoms with Crippen LogP contribution in [0.25, 0.3) is 5.65 Å². The number of aromatic nitrogens is 2. The minimum Gasteiger partial charge on any atom is -0.476 e. The number of carboxylic acids is 1. The van der Waals surface area contributed by atoms with Crippen LogP contribution in [-0.4, -0.2) is 64.4 Å². The Kier molecular flexibility index (Phi) is 7.38. The van der Waals surface area contributed by atoms with Crippen LogP contribution in [0.1, 0.15) is 68.3 Å². The first-order chi connectivity index (χ1) is 15.9. The third-order valence-corrected chi connectivity index (χ3v) is 6.01. The normalized spacial score (nSPS) is 16.9. The molecular weight excluding hydrogens is 438 g/mol. The monoisotopic (exact) mass is 473 g/mol. The highest BCUT2D eigenvalue weighted by Gasteiger charge is 2.37. The van der Waals surface area contributed by atoms with Gasteiger partial charge < -0.3 is 24.2 Å². The average molecular weight is 474 g/mol. The van der Waals surface area contributed by atoms with Gasteiger partial charge in [0.2, 0.25) is 0 Å². The molecule has 1 N–H and O–H groups in total. The maximum absolute atomic E-state index is 12.9. The first kappa shape index (κ1) is 25.7. The van der Waals surface area contributed by atoms with E-state index in [1.54, 1.807) is 16.5 Å². The van der Waals surface area contributed by atoms with Crippen molar-refractivity contribution in [2.24, 2.45) is 0 Å². The maximum Gasteiger partial charge on any atom is 0.356 e. The van der Waals surface area contributed by atoms with Gasteiger partial charge in [0.1, 0.15) is 11.5 Å². The SMILES string of the molecule is C=CCOC1(C)CCN(c2c([C@H](OC(C)(C)C)C(=O)OC)c(C)cc3nc(C(=O)O)cn23)CC1. The van der Waals surface area contributed by atoms with Gasteiger partial charge in [-0.15, -0.1) is 6.58 Å². The molecule has 2 aromatic heterocycles. The molecule has 0 radical (unpaired) electrons. The molecule has 3 heterocycles. The number of aromatic carboxylic acids is 1. The van der Waals surface area contributed by atoms with E-state index in [4.69, 9.17) is 14.2 Å². The molecular formula is C25H35N3O6. The first-order valence-electron chi connectivity index (χ1n) is 11.4. The Morgan fingerprint density at radius 3 is 2.50 bits per heavy atom. The smallest absolute Gasteiger partial charge is 0.356 e. The van der Waals surface area contributed by atoms with Gasteiger partial charge in [0, 0.05) is 24.8 Å². The predicted octanol–water partition coefficient (Wildman–Crippen LogP) is 3.93. The van der Waals surface area contributed by atoms with Crippen LogP contribution in [0.5, 0.6) is 0 Å². The number of carboxylic acid groups (broad SMARTS) is 1. The Morgan fingerprint density at radius 1 is 1.32 bits per heavy atom. The summed E-state index contributed by atoms with van der Waals surface area (Å²) in [5, 5.41) is 9.55. The fourth-order valence-corrected chi connectivity index (χ4v) is 4.27. The van der Waals surface area contributed by atoms with Crippen molar-refractivity contribution in [2.75, 3.05) is 31.7 Å². The molecule has 1 saturated heterocycles. The number of fused-ring (bicyclic) bond motifs is 1. The number of methoxy groups -OCH3 is 1. The first-order valence-corrected chi connectivity index (χ1v) is 11.4. The number of nitrogens with zero attached hydrogens (tertiary/aromatic N) is 3. The van der Waals surface area contributed by atoms with Crippen molar-refractivity contribution in [3.63, 3.8) is 0 Å². The number of carbonyl (C=O) groups is 2. The summed E-state index contributed by atoms with van der Waals surface area (Å²) in [6.45, 7) is 15.1. The van der Waals surface area contributed by atoms with E-state index in [9.17, 15) is 14.7 Å². The standard InChI is InChI=1S/C25H35N3O6/c1-8-13-33-25(6)9-11-27(12-10-25)21-19(20(23(31)32-7)34-24(3,4)5)16(2)14-18-26-17(22(29)30)15-28(18)21/h8,14-15,20H,1,9-13H2,2-7H3,(H,29,30)/t20-/m0/s1. The van der Waals surface area contributed by atoms with Crippen molar-refractivity contribution < 1.29 is 28.9 Å². The Balaban J connectivity index is 2.17. The van der Waals surface area contributed by atoms with Crippen LogP contribution in [-0.2, 0) is 19.0 Å². The number of rotatable bonds is 8. The van der Waals surface area contributed by atoms with E-state index in [2.05, 4.69) is 23.4 Å². The number of pyridine rings is 1. The molecule has 34 heavy (non-hydrogen) atoms. The van der Waals surface area contributed by atoms with Crippen molar-refractivity contribution in [1.82, 2.24) is 9.38 Å². The molecule has 0 saturated carbocycles. The highest BCUT2D eigenvalue weighted by atomic mass is 16.6. The summed E-state index contributed by atoms with van der Waals surface area (Å²) in [6, 6.07) is 1.77. The molecule has 1 aliphatic heterocycles. The summed E-state index contributed by atoms with van der Waals surface area (Å²) in [5.41, 5.74) is 0.904. The van der Waals surface area contributed by atoms with Gasteiger partial charge in [-0.25, -0.2) is 14.6 Å². The molecule has 2 aromatic rings. The van der Waals surface area contributed by atoms with Crippen LogP contribution >= 0.6 is 0 Å². The fraction of sp³-hybridized carbons (Fsp3) is 0.560. The van der Waals surface area contributed by atoms with Gasteiger partial charge in [0.25, 0.3) is 0 Å². The molecule has 3 rings (SSSR count). The number of imidazole rings is 1. The summed E-state index contributed by atoms with van der Waals surface area (Å²) >= 11 is 0. The van der Waals surface area contributed by atoms with Crippen LogP contribution in [0.3, 0.4) is 0 Å². The highest BCUT2D eigenvalue weighted by molar-refractivity contribution is 5.87. The molecule has 0 amide bonds. The van der Waals surface area contributed by atoms with Gasteiger partial charge in [-0.3, -0.25) is 4.40 Å². The Hall–Kier alpha value is -2.91. The molecule has 0 aromatic carbocycles. The van der Waals surface area contributed by atoms with Crippen molar-refractivity contribution >= 4 is 23.4 Å². The van der Waals surface area contributed by atoms with E-state index < -0.39 is 23.6 Å². The Morgan fingerprint density at radius 2 is 1.97 bits per heavy atom. The lowest BCUT2D eigenvalue weighted by molar-refractivity contribution is -0.164. The summed E-state index contributed by atoms with van der Waals surface area (Å²) in [7, 11) is 1.33. The Labute approximate surface area is 200 Å². The van der Waals surface area contributed by atoms with E-state index in [0.717, 1.165) is 18.4 Å². The molecule has 1 fully saturated rings. The summed E-state index contributed by atoms with van der Waals surface area (Å²) in [4.78, 5) is 31.0. The highest BCUT2D eigenvalue weighted by Crippen LogP contribution is 2.39. The number of carbonyl (C=O) groups excluding carboxylic acids is 1. The second kappa shape index (κ2) is 9.76. The largest absolute Gasteiger partial charge is 0.476 e. The van der Waals surface area contributed by atoms with Crippen LogP contribution in [0.15, 0.2) is 24.9 Å². The molecule has 0 bridgehead atoms. The van der Waals surface area contributed by atoms with Gasteiger partial charge in [0.05, 0.1) is 24.9 Å². The summed E-state index contributed by atoms with van der Waals surface area (Å²) in [6.07, 6.45) is 3.73.